The van der Waals surface area contributed by atoms with Crippen LogP contribution in [0.3, 0.4) is 0 Å². The van der Waals surface area contributed by atoms with Crippen LogP contribution in [0.15, 0.2) is 41.3 Å². The standard InChI is InChI=1S/C18H20N2O5S/c1-12-8-13-9-15(26(19,21)22)3-4-16(13)20(12)6-7-23-14-2-5-17-18(10-14)25-11-24-17/h2-5,9-10,12H,6-8,11H2,1H3,(H2,19,21,22). The normalized spacial score (nSPS) is 18.1. The van der Waals surface area contributed by atoms with Gasteiger partial charge < -0.3 is 19.1 Å². The Labute approximate surface area is 152 Å². The first-order valence-electron chi connectivity index (χ1n) is 8.36. The number of fused-ring (bicyclic) bond motifs is 2. The number of hydrogen-bond donors (Lipinski definition) is 1. The first-order chi connectivity index (χ1) is 12.4. The van der Waals surface area contributed by atoms with Crippen molar-refractivity contribution in [3.05, 3.63) is 42.0 Å². The van der Waals surface area contributed by atoms with Crippen LogP contribution < -0.4 is 24.2 Å². The zero-order valence-electron chi connectivity index (χ0n) is 14.3. The average Bonchev–Trinajstić information content (AvgIpc) is 3.17. The van der Waals surface area contributed by atoms with Gasteiger partial charge in [-0.3, -0.25) is 0 Å². The Kier molecular flexibility index (Phi) is 4.16. The van der Waals surface area contributed by atoms with Gasteiger partial charge >= 0.3 is 0 Å². The second-order valence-corrected chi connectivity index (χ2v) is 8.01. The van der Waals surface area contributed by atoms with Gasteiger partial charge in [-0.1, -0.05) is 0 Å². The summed E-state index contributed by atoms with van der Waals surface area (Å²) in [6, 6.07) is 10.8. The minimum Gasteiger partial charge on any atom is -0.492 e. The quantitative estimate of drug-likeness (QED) is 0.857. The van der Waals surface area contributed by atoms with Crippen LogP contribution in [0.5, 0.6) is 17.2 Å². The van der Waals surface area contributed by atoms with E-state index >= 15 is 0 Å². The second kappa shape index (κ2) is 6.37. The zero-order valence-corrected chi connectivity index (χ0v) is 15.2. The van der Waals surface area contributed by atoms with Crippen LogP contribution in [0.25, 0.3) is 0 Å². The van der Waals surface area contributed by atoms with Crippen molar-refractivity contribution in [3.63, 3.8) is 0 Å². The minimum absolute atomic E-state index is 0.155. The third kappa shape index (κ3) is 3.17. The van der Waals surface area contributed by atoms with E-state index in [0.29, 0.717) is 18.9 Å². The molecule has 2 heterocycles. The highest BCUT2D eigenvalue weighted by atomic mass is 32.2. The van der Waals surface area contributed by atoms with E-state index in [1.54, 1.807) is 12.1 Å². The molecule has 2 aliphatic heterocycles. The van der Waals surface area contributed by atoms with Gasteiger partial charge in [0.15, 0.2) is 11.5 Å². The summed E-state index contributed by atoms with van der Waals surface area (Å²) in [7, 11) is -3.68. The molecule has 2 aliphatic rings. The average molecular weight is 376 g/mol. The van der Waals surface area contributed by atoms with Crippen LogP contribution in [-0.4, -0.2) is 34.4 Å². The Morgan fingerprint density at radius 3 is 2.81 bits per heavy atom. The van der Waals surface area contributed by atoms with Gasteiger partial charge in [0.1, 0.15) is 12.4 Å². The molecule has 0 amide bonds. The van der Waals surface area contributed by atoms with Crippen LogP contribution in [-0.2, 0) is 16.4 Å². The molecule has 0 aliphatic carbocycles. The Hall–Kier alpha value is -2.45. The molecule has 7 nitrogen and oxygen atoms in total. The largest absolute Gasteiger partial charge is 0.492 e. The molecule has 2 N–H and O–H groups in total. The van der Waals surface area contributed by atoms with Crippen molar-refractivity contribution in [1.82, 2.24) is 0 Å². The number of sulfonamides is 1. The van der Waals surface area contributed by atoms with E-state index in [4.69, 9.17) is 19.3 Å². The third-order valence-electron chi connectivity index (χ3n) is 4.68. The van der Waals surface area contributed by atoms with Crippen molar-refractivity contribution >= 4 is 15.7 Å². The lowest BCUT2D eigenvalue weighted by atomic mass is 10.1. The van der Waals surface area contributed by atoms with E-state index in [2.05, 4.69) is 11.8 Å². The Balaban J connectivity index is 1.43. The molecule has 0 bridgehead atoms. The Bertz CT molecular complexity index is 945. The third-order valence-corrected chi connectivity index (χ3v) is 5.59. The van der Waals surface area contributed by atoms with Crippen LogP contribution >= 0.6 is 0 Å². The number of nitrogens with two attached hydrogens (primary N) is 1. The maximum absolute atomic E-state index is 11.5. The summed E-state index contributed by atoms with van der Waals surface area (Å²) in [6.45, 7) is 3.54. The predicted octanol–water partition coefficient (Wildman–Crippen LogP) is 1.89. The van der Waals surface area contributed by atoms with Crippen molar-refractivity contribution < 1.29 is 22.6 Å². The highest BCUT2D eigenvalue weighted by molar-refractivity contribution is 7.89. The summed E-state index contributed by atoms with van der Waals surface area (Å²) in [5.74, 6) is 2.15. The number of benzene rings is 2. The van der Waals surface area contributed by atoms with Gasteiger partial charge in [0.2, 0.25) is 16.8 Å². The summed E-state index contributed by atoms with van der Waals surface area (Å²) in [4.78, 5) is 2.37. The fraction of sp³-hybridized carbons (Fsp3) is 0.333. The molecule has 2 aromatic carbocycles. The van der Waals surface area contributed by atoms with Crippen LogP contribution in [0, 0.1) is 0 Å². The Morgan fingerprint density at radius 1 is 1.19 bits per heavy atom. The van der Waals surface area contributed by atoms with Gasteiger partial charge in [-0.2, -0.15) is 0 Å². The molecular weight excluding hydrogens is 356 g/mol. The maximum Gasteiger partial charge on any atom is 0.238 e. The molecule has 8 heteroatoms. The lowest BCUT2D eigenvalue weighted by Crippen LogP contribution is -2.33. The van der Waals surface area contributed by atoms with E-state index < -0.39 is 10.0 Å². The van der Waals surface area contributed by atoms with Crippen LogP contribution in [0.2, 0.25) is 0 Å². The van der Waals surface area contributed by atoms with Crippen molar-refractivity contribution in [2.45, 2.75) is 24.3 Å². The molecule has 0 spiro atoms. The van der Waals surface area contributed by atoms with E-state index in [0.717, 1.165) is 29.2 Å². The summed E-state index contributed by atoms with van der Waals surface area (Å²) in [6.07, 6.45) is 0.780. The Morgan fingerprint density at radius 2 is 2.00 bits per heavy atom. The number of anilines is 1. The summed E-state index contributed by atoms with van der Waals surface area (Å²) in [5.41, 5.74) is 2.02. The van der Waals surface area contributed by atoms with Crippen LogP contribution in [0.1, 0.15) is 12.5 Å². The van der Waals surface area contributed by atoms with Gasteiger partial charge in [-0.25, -0.2) is 13.6 Å². The fourth-order valence-corrected chi connectivity index (χ4v) is 3.98. The van der Waals surface area contributed by atoms with Crippen molar-refractivity contribution in [3.8, 4) is 17.2 Å². The zero-order chi connectivity index (χ0) is 18.3. The van der Waals surface area contributed by atoms with Crippen LogP contribution in [0.4, 0.5) is 5.69 Å². The molecule has 0 saturated heterocycles. The molecule has 26 heavy (non-hydrogen) atoms. The van der Waals surface area contributed by atoms with E-state index in [1.165, 1.54) is 0 Å². The lowest BCUT2D eigenvalue weighted by Gasteiger charge is -2.25. The van der Waals surface area contributed by atoms with Gasteiger partial charge in [0.25, 0.3) is 0 Å². The smallest absolute Gasteiger partial charge is 0.238 e. The molecule has 138 valence electrons. The monoisotopic (exact) mass is 376 g/mol. The highest BCUT2D eigenvalue weighted by Gasteiger charge is 2.27. The second-order valence-electron chi connectivity index (χ2n) is 6.45. The maximum atomic E-state index is 11.5. The topological polar surface area (TPSA) is 91.1 Å². The molecule has 0 aromatic heterocycles. The van der Waals surface area contributed by atoms with E-state index in [1.807, 2.05) is 24.3 Å². The van der Waals surface area contributed by atoms with E-state index in [-0.39, 0.29) is 17.7 Å². The van der Waals surface area contributed by atoms with E-state index in [9.17, 15) is 8.42 Å². The van der Waals surface area contributed by atoms with Gasteiger partial charge in [0.05, 0.1) is 11.4 Å². The van der Waals surface area contributed by atoms with Gasteiger partial charge in [0, 0.05) is 17.8 Å². The predicted molar refractivity (Wildman–Crippen MR) is 96.4 cm³/mol. The van der Waals surface area contributed by atoms with Crippen molar-refractivity contribution in [2.24, 2.45) is 5.14 Å². The summed E-state index contributed by atoms with van der Waals surface area (Å²) < 4.78 is 39.5. The first-order valence-corrected chi connectivity index (χ1v) is 9.91. The summed E-state index contributed by atoms with van der Waals surface area (Å²) in [5, 5.41) is 5.22. The highest BCUT2D eigenvalue weighted by Crippen LogP contribution is 2.36. The van der Waals surface area contributed by atoms with Crippen molar-refractivity contribution in [1.29, 1.82) is 0 Å². The number of nitrogens with zero attached hydrogens (tertiary/aromatic N) is 1. The molecule has 4 rings (SSSR count). The first kappa shape index (κ1) is 17.0. The molecule has 0 saturated carbocycles. The lowest BCUT2D eigenvalue weighted by molar-refractivity contribution is 0.173. The van der Waals surface area contributed by atoms with Gasteiger partial charge in [-0.05, 0) is 49.2 Å². The van der Waals surface area contributed by atoms with Gasteiger partial charge in [-0.15, -0.1) is 0 Å². The molecule has 1 unspecified atom stereocenters. The minimum atomic E-state index is -3.68. The number of primary sulfonamides is 1. The molecular formula is C18H20N2O5S. The summed E-state index contributed by atoms with van der Waals surface area (Å²) >= 11 is 0. The number of ether oxygens (including phenoxy) is 3. The molecule has 0 fully saturated rings. The SMILES string of the molecule is CC1Cc2cc(S(N)(=O)=O)ccc2N1CCOc1ccc2c(c1)OCO2. The molecule has 1 atom stereocenters. The number of rotatable bonds is 5. The molecule has 0 radical (unpaired) electrons. The molecule has 2 aromatic rings. The van der Waals surface area contributed by atoms with Crippen molar-refractivity contribution in [2.75, 3.05) is 24.8 Å². The number of hydrogen-bond acceptors (Lipinski definition) is 6. The fourth-order valence-electron chi connectivity index (χ4n) is 3.42.